The molecule has 0 aliphatic carbocycles. The van der Waals surface area contributed by atoms with E-state index >= 15 is 0 Å². The smallest absolute Gasteiger partial charge is 0.279 e. The highest BCUT2D eigenvalue weighted by Crippen LogP contribution is 2.28. The SMILES string of the molecule is CCC(C)c1ccccc1OCC(=O)NNC(=O)C(C)Oc1ccccc1Cl. The Morgan fingerprint density at radius 3 is 2.32 bits per heavy atom. The molecular weight excluding hydrogens is 380 g/mol. The summed E-state index contributed by atoms with van der Waals surface area (Å²) in [6.45, 7) is 5.54. The van der Waals surface area contributed by atoms with E-state index in [2.05, 4.69) is 24.7 Å². The van der Waals surface area contributed by atoms with Gasteiger partial charge in [-0.2, -0.15) is 0 Å². The van der Waals surface area contributed by atoms with Crippen molar-refractivity contribution in [2.45, 2.75) is 39.2 Å². The van der Waals surface area contributed by atoms with Crippen molar-refractivity contribution < 1.29 is 19.1 Å². The van der Waals surface area contributed by atoms with E-state index in [9.17, 15) is 9.59 Å². The lowest BCUT2D eigenvalue weighted by Crippen LogP contribution is -2.48. The van der Waals surface area contributed by atoms with Gasteiger partial charge in [-0.25, -0.2) is 0 Å². The number of hydrazine groups is 1. The Kier molecular flexibility index (Phi) is 8.14. The van der Waals surface area contributed by atoms with Gasteiger partial charge in [-0.1, -0.05) is 55.8 Å². The van der Waals surface area contributed by atoms with E-state index in [-0.39, 0.29) is 6.61 Å². The molecule has 2 unspecified atom stereocenters. The number of carbonyl (C=O) groups excluding carboxylic acids is 2. The molecule has 150 valence electrons. The van der Waals surface area contributed by atoms with Crippen molar-refractivity contribution in [3.8, 4) is 11.5 Å². The van der Waals surface area contributed by atoms with Gasteiger partial charge in [0.1, 0.15) is 11.5 Å². The second-order valence-corrected chi connectivity index (χ2v) is 6.77. The maximum absolute atomic E-state index is 12.1. The maximum atomic E-state index is 12.1. The highest BCUT2D eigenvalue weighted by atomic mass is 35.5. The van der Waals surface area contributed by atoms with Crippen molar-refractivity contribution in [1.82, 2.24) is 10.9 Å². The second kappa shape index (κ2) is 10.6. The molecule has 2 amide bonds. The standard InChI is InChI=1S/C21H25ClN2O4/c1-4-14(2)16-9-5-7-11-18(16)27-13-20(25)23-24-21(26)15(3)28-19-12-8-6-10-17(19)22/h5-12,14-15H,4,13H2,1-3H3,(H,23,25)(H,24,26). The van der Waals surface area contributed by atoms with Crippen LogP contribution in [0.1, 0.15) is 38.7 Å². The Labute approximate surface area is 170 Å². The van der Waals surface area contributed by atoms with E-state index in [1.54, 1.807) is 31.2 Å². The molecule has 6 nitrogen and oxygen atoms in total. The first-order valence-electron chi connectivity index (χ1n) is 9.14. The van der Waals surface area contributed by atoms with E-state index in [4.69, 9.17) is 21.1 Å². The third-order valence-electron chi connectivity index (χ3n) is 4.26. The number of carbonyl (C=O) groups is 2. The van der Waals surface area contributed by atoms with Gasteiger partial charge >= 0.3 is 0 Å². The third-order valence-corrected chi connectivity index (χ3v) is 4.57. The fourth-order valence-electron chi connectivity index (χ4n) is 2.44. The number of hydrogen-bond acceptors (Lipinski definition) is 4. The van der Waals surface area contributed by atoms with Crippen molar-refractivity contribution in [2.24, 2.45) is 0 Å². The van der Waals surface area contributed by atoms with Crippen molar-refractivity contribution in [3.63, 3.8) is 0 Å². The van der Waals surface area contributed by atoms with Crippen molar-refractivity contribution in [1.29, 1.82) is 0 Å². The van der Waals surface area contributed by atoms with Crippen LogP contribution in [0, 0.1) is 0 Å². The predicted molar refractivity (Wildman–Crippen MR) is 108 cm³/mol. The molecule has 0 saturated heterocycles. The van der Waals surface area contributed by atoms with E-state index in [1.807, 2.05) is 24.3 Å². The number of nitrogens with one attached hydrogen (secondary N) is 2. The van der Waals surface area contributed by atoms with Gasteiger partial charge in [0.15, 0.2) is 12.7 Å². The fourth-order valence-corrected chi connectivity index (χ4v) is 2.62. The van der Waals surface area contributed by atoms with Gasteiger partial charge in [-0.3, -0.25) is 20.4 Å². The van der Waals surface area contributed by atoms with Gasteiger partial charge in [-0.15, -0.1) is 0 Å². The second-order valence-electron chi connectivity index (χ2n) is 6.36. The van der Waals surface area contributed by atoms with Crippen LogP contribution in [0.15, 0.2) is 48.5 Å². The van der Waals surface area contributed by atoms with Crippen molar-refractivity contribution in [2.75, 3.05) is 6.61 Å². The molecule has 0 radical (unpaired) electrons. The summed E-state index contributed by atoms with van der Waals surface area (Å²) in [5, 5.41) is 0.402. The third kappa shape index (κ3) is 6.16. The largest absolute Gasteiger partial charge is 0.483 e. The number of amides is 2. The Balaban J connectivity index is 1.81. The minimum absolute atomic E-state index is 0.215. The molecule has 0 fully saturated rings. The van der Waals surface area contributed by atoms with Crippen LogP contribution in [0.25, 0.3) is 0 Å². The monoisotopic (exact) mass is 404 g/mol. The summed E-state index contributed by atoms with van der Waals surface area (Å²) in [5.74, 6) is 0.393. The summed E-state index contributed by atoms with van der Waals surface area (Å²) in [5.41, 5.74) is 5.69. The van der Waals surface area contributed by atoms with Crippen LogP contribution in [0.4, 0.5) is 0 Å². The lowest BCUT2D eigenvalue weighted by molar-refractivity contribution is -0.133. The van der Waals surface area contributed by atoms with Crippen LogP contribution in [0.2, 0.25) is 5.02 Å². The van der Waals surface area contributed by atoms with Crippen LogP contribution >= 0.6 is 11.6 Å². The molecule has 7 heteroatoms. The fraction of sp³-hybridized carbons (Fsp3) is 0.333. The van der Waals surface area contributed by atoms with Gasteiger partial charge < -0.3 is 9.47 Å². The quantitative estimate of drug-likeness (QED) is 0.655. The molecule has 2 N–H and O–H groups in total. The number of ether oxygens (including phenoxy) is 2. The summed E-state index contributed by atoms with van der Waals surface area (Å²) in [4.78, 5) is 24.1. The van der Waals surface area contributed by atoms with E-state index < -0.39 is 17.9 Å². The number of hydrogen-bond donors (Lipinski definition) is 2. The molecule has 0 aliphatic heterocycles. The van der Waals surface area contributed by atoms with Crippen LogP contribution < -0.4 is 20.3 Å². The minimum atomic E-state index is -0.841. The Morgan fingerprint density at radius 2 is 1.64 bits per heavy atom. The summed E-state index contributed by atoms with van der Waals surface area (Å²) in [6, 6.07) is 14.4. The minimum Gasteiger partial charge on any atom is -0.483 e. The van der Waals surface area contributed by atoms with Gasteiger partial charge in [0, 0.05) is 0 Å². The number of halogens is 1. The zero-order chi connectivity index (χ0) is 20.5. The van der Waals surface area contributed by atoms with Crippen LogP contribution in [0.3, 0.4) is 0 Å². The van der Waals surface area contributed by atoms with Gasteiger partial charge in [0.05, 0.1) is 5.02 Å². The first-order chi connectivity index (χ1) is 13.4. The summed E-state index contributed by atoms with van der Waals surface area (Å²) in [7, 11) is 0. The van der Waals surface area contributed by atoms with E-state index in [0.717, 1.165) is 12.0 Å². The lowest BCUT2D eigenvalue weighted by atomic mass is 9.98. The average molecular weight is 405 g/mol. The van der Waals surface area contributed by atoms with Gasteiger partial charge in [-0.05, 0) is 43.0 Å². The predicted octanol–water partition coefficient (Wildman–Crippen LogP) is 3.85. The number of rotatable bonds is 8. The molecule has 0 saturated carbocycles. The zero-order valence-corrected chi connectivity index (χ0v) is 17.0. The van der Waals surface area contributed by atoms with Gasteiger partial charge in [0.2, 0.25) is 0 Å². The first kappa shape index (κ1) is 21.6. The molecule has 2 aromatic carbocycles. The van der Waals surface area contributed by atoms with Crippen molar-refractivity contribution in [3.05, 3.63) is 59.1 Å². The normalized spacial score (nSPS) is 12.6. The molecular formula is C21H25ClN2O4. The highest BCUT2D eigenvalue weighted by Gasteiger charge is 2.17. The molecule has 0 aromatic heterocycles. The van der Waals surface area contributed by atoms with Gasteiger partial charge in [0.25, 0.3) is 11.8 Å². The topological polar surface area (TPSA) is 76.7 Å². The molecule has 0 spiro atoms. The van der Waals surface area contributed by atoms with Crippen LogP contribution in [0.5, 0.6) is 11.5 Å². The average Bonchev–Trinajstić information content (AvgIpc) is 2.71. The molecule has 0 heterocycles. The molecule has 2 rings (SSSR count). The zero-order valence-electron chi connectivity index (χ0n) is 16.2. The number of benzene rings is 2. The lowest BCUT2D eigenvalue weighted by Gasteiger charge is -2.17. The first-order valence-corrected chi connectivity index (χ1v) is 9.51. The molecule has 28 heavy (non-hydrogen) atoms. The highest BCUT2D eigenvalue weighted by molar-refractivity contribution is 6.32. The Hall–Kier alpha value is -2.73. The molecule has 0 bridgehead atoms. The van der Waals surface area contributed by atoms with Crippen LogP contribution in [-0.4, -0.2) is 24.5 Å². The molecule has 2 aromatic rings. The summed E-state index contributed by atoms with van der Waals surface area (Å²) < 4.78 is 11.1. The van der Waals surface area contributed by atoms with Crippen LogP contribution in [-0.2, 0) is 9.59 Å². The Morgan fingerprint density at radius 1 is 1.00 bits per heavy atom. The van der Waals surface area contributed by atoms with Crippen molar-refractivity contribution >= 4 is 23.4 Å². The molecule has 0 aliphatic rings. The van der Waals surface area contributed by atoms with E-state index in [1.165, 1.54) is 0 Å². The Bertz CT molecular complexity index is 812. The maximum Gasteiger partial charge on any atom is 0.279 e. The number of para-hydroxylation sites is 2. The summed E-state index contributed by atoms with van der Waals surface area (Å²) >= 11 is 6.00. The van der Waals surface area contributed by atoms with E-state index in [0.29, 0.717) is 22.4 Å². The summed E-state index contributed by atoms with van der Waals surface area (Å²) in [6.07, 6.45) is 0.124. The molecule has 2 atom stereocenters.